The Balaban J connectivity index is 1.79. The van der Waals surface area contributed by atoms with Crippen molar-refractivity contribution in [1.82, 2.24) is 4.98 Å². The number of nitrogens with zero attached hydrogens (tertiary/aromatic N) is 2. The molecule has 1 aromatic heterocycles. The largest absolute Gasteiger partial charge is 0.396 e. The maximum absolute atomic E-state index is 5.98. The van der Waals surface area contributed by atoms with Crippen LogP contribution in [0.15, 0.2) is 16.9 Å². The van der Waals surface area contributed by atoms with Gasteiger partial charge in [0.15, 0.2) is 0 Å². The highest BCUT2D eigenvalue weighted by Crippen LogP contribution is 2.54. The van der Waals surface area contributed by atoms with Crippen LogP contribution in [0.3, 0.4) is 0 Å². The maximum Gasteiger partial charge on any atom is 0.108 e. The lowest BCUT2D eigenvalue weighted by Crippen LogP contribution is -2.34. The van der Waals surface area contributed by atoms with Crippen LogP contribution in [0.25, 0.3) is 0 Å². The van der Waals surface area contributed by atoms with Gasteiger partial charge in [-0.2, -0.15) is 0 Å². The van der Waals surface area contributed by atoms with Gasteiger partial charge >= 0.3 is 0 Å². The first-order chi connectivity index (χ1) is 7.69. The van der Waals surface area contributed by atoms with Crippen LogP contribution in [0, 0.1) is 5.41 Å². The minimum Gasteiger partial charge on any atom is -0.396 e. The molecule has 16 heavy (non-hydrogen) atoms. The summed E-state index contributed by atoms with van der Waals surface area (Å²) in [6.45, 7) is 2.28. The van der Waals surface area contributed by atoms with Gasteiger partial charge < -0.3 is 10.6 Å². The predicted molar refractivity (Wildman–Crippen MR) is 69.5 cm³/mol. The molecular weight excluding hydrogens is 266 g/mol. The molecule has 2 fully saturated rings. The molecule has 1 saturated carbocycles. The fourth-order valence-corrected chi connectivity index (χ4v) is 2.92. The van der Waals surface area contributed by atoms with Crippen molar-refractivity contribution in [2.75, 3.05) is 23.7 Å². The number of halogens is 1. The van der Waals surface area contributed by atoms with E-state index in [2.05, 4.69) is 25.8 Å². The van der Waals surface area contributed by atoms with Crippen molar-refractivity contribution in [3.8, 4) is 0 Å². The van der Waals surface area contributed by atoms with Gasteiger partial charge in [0.25, 0.3) is 0 Å². The second kappa shape index (κ2) is 3.62. The third-order valence-corrected chi connectivity index (χ3v) is 4.43. The molecule has 2 aliphatic rings. The maximum atomic E-state index is 5.98. The lowest BCUT2D eigenvalue weighted by atomic mass is 9.93. The Bertz CT molecular complexity index is 405. The molecule has 1 aliphatic heterocycles. The van der Waals surface area contributed by atoms with Crippen LogP contribution in [0.1, 0.15) is 25.7 Å². The van der Waals surface area contributed by atoms with Crippen molar-refractivity contribution >= 4 is 27.3 Å². The second-order valence-corrected chi connectivity index (χ2v) is 5.87. The fourth-order valence-electron chi connectivity index (χ4n) is 2.60. The summed E-state index contributed by atoms with van der Waals surface area (Å²) >= 11 is 3.40. The van der Waals surface area contributed by atoms with Gasteiger partial charge in [-0.3, -0.25) is 0 Å². The second-order valence-electron chi connectivity index (χ2n) is 5.05. The minimum atomic E-state index is 0.718. The van der Waals surface area contributed by atoms with Gasteiger partial charge in [-0.25, -0.2) is 4.98 Å². The summed E-state index contributed by atoms with van der Waals surface area (Å²) in [5.74, 6) is 0. The number of hydrogen-bond acceptors (Lipinski definition) is 3. The molecule has 0 bridgehead atoms. The van der Waals surface area contributed by atoms with Crippen LogP contribution in [-0.4, -0.2) is 18.1 Å². The Kier molecular flexibility index (Phi) is 2.35. The Morgan fingerprint density at radius 2 is 1.94 bits per heavy atom. The molecule has 2 heterocycles. The Morgan fingerprint density at radius 1 is 1.25 bits per heavy atom. The summed E-state index contributed by atoms with van der Waals surface area (Å²) in [5, 5.41) is 0. The molecule has 0 unspecified atom stereocenters. The van der Waals surface area contributed by atoms with Gasteiger partial charge in [0, 0.05) is 13.1 Å². The van der Waals surface area contributed by atoms with E-state index in [0.717, 1.165) is 34.5 Å². The van der Waals surface area contributed by atoms with E-state index in [9.17, 15) is 0 Å². The molecule has 0 radical (unpaired) electrons. The molecule has 1 aromatic rings. The molecule has 1 aliphatic carbocycles. The highest BCUT2D eigenvalue weighted by Gasteiger charge is 2.44. The van der Waals surface area contributed by atoms with Crippen molar-refractivity contribution in [3.05, 3.63) is 16.9 Å². The van der Waals surface area contributed by atoms with Crippen LogP contribution in [0.2, 0.25) is 0 Å². The van der Waals surface area contributed by atoms with Gasteiger partial charge in [-0.1, -0.05) is 0 Å². The summed E-state index contributed by atoms with van der Waals surface area (Å²) in [6, 6.07) is 2.03. The Labute approximate surface area is 104 Å². The topological polar surface area (TPSA) is 42.1 Å². The molecule has 0 amide bonds. The average Bonchev–Trinajstić information content (AvgIpc) is 3.03. The highest BCUT2D eigenvalue weighted by molar-refractivity contribution is 9.10. The summed E-state index contributed by atoms with van der Waals surface area (Å²) in [6.07, 6.45) is 7.27. The van der Waals surface area contributed by atoms with Crippen LogP contribution in [0.5, 0.6) is 0 Å². The van der Waals surface area contributed by atoms with Crippen LogP contribution < -0.4 is 10.6 Å². The monoisotopic (exact) mass is 281 g/mol. The number of pyridine rings is 1. The summed E-state index contributed by atoms with van der Waals surface area (Å²) in [7, 11) is 0. The number of rotatable bonds is 1. The number of piperidine rings is 1. The summed E-state index contributed by atoms with van der Waals surface area (Å²) < 4.78 is 0.864. The smallest absolute Gasteiger partial charge is 0.108 e. The number of aromatic nitrogens is 1. The quantitative estimate of drug-likeness (QED) is 0.805. The van der Waals surface area contributed by atoms with Crippen molar-refractivity contribution in [1.29, 1.82) is 0 Å². The first kappa shape index (κ1) is 10.4. The van der Waals surface area contributed by atoms with Gasteiger partial charge in [0.05, 0.1) is 17.6 Å². The first-order valence-corrected chi connectivity index (χ1v) is 6.64. The van der Waals surface area contributed by atoms with Crippen molar-refractivity contribution in [3.63, 3.8) is 0 Å². The van der Waals surface area contributed by atoms with E-state index in [4.69, 9.17) is 5.73 Å². The van der Waals surface area contributed by atoms with Crippen LogP contribution in [-0.2, 0) is 0 Å². The number of nitrogen functional groups attached to an aromatic ring is 1. The van der Waals surface area contributed by atoms with Crippen molar-refractivity contribution < 1.29 is 0 Å². The lowest BCUT2D eigenvalue weighted by molar-refractivity contribution is 0.384. The highest BCUT2D eigenvalue weighted by atomic mass is 79.9. The zero-order valence-electron chi connectivity index (χ0n) is 9.25. The third kappa shape index (κ3) is 1.79. The van der Waals surface area contributed by atoms with E-state index in [1.807, 2.05) is 6.07 Å². The fraction of sp³-hybridized carbons (Fsp3) is 0.583. The number of anilines is 2. The van der Waals surface area contributed by atoms with Crippen LogP contribution >= 0.6 is 15.9 Å². The minimum absolute atomic E-state index is 0.718. The molecule has 1 saturated heterocycles. The zero-order chi connectivity index (χ0) is 11.2. The number of nitrogens with two attached hydrogens (primary N) is 1. The SMILES string of the molecule is Nc1cnc(Br)cc1N1CCC2(CC1)CC2. The molecule has 3 nitrogen and oxygen atoms in total. The van der Waals surface area contributed by atoms with Gasteiger partial charge in [0.2, 0.25) is 0 Å². The Morgan fingerprint density at radius 3 is 2.56 bits per heavy atom. The molecule has 4 heteroatoms. The molecule has 0 aromatic carbocycles. The van der Waals surface area contributed by atoms with E-state index in [1.54, 1.807) is 6.20 Å². The standard InChI is InChI=1S/C12H16BrN3/c13-11-7-10(9(14)8-15-11)16-5-3-12(1-2-12)4-6-16/h7-8H,1-6,14H2. The molecule has 86 valence electrons. The van der Waals surface area contributed by atoms with E-state index in [1.165, 1.54) is 25.7 Å². The molecule has 2 N–H and O–H groups in total. The van der Waals surface area contributed by atoms with E-state index in [0.29, 0.717) is 0 Å². The summed E-state index contributed by atoms with van der Waals surface area (Å²) in [5.41, 5.74) is 8.62. The molecule has 1 spiro atoms. The molecule has 0 atom stereocenters. The lowest BCUT2D eigenvalue weighted by Gasteiger charge is -2.34. The Hall–Kier alpha value is -0.770. The van der Waals surface area contributed by atoms with E-state index >= 15 is 0 Å². The van der Waals surface area contributed by atoms with Crippen LogP contribution in [0.4, 0.5) is 11.4 Å². The van der Waals surface area contributed by atoms with Gasteiger partial charge in [0.1, 0.15) is 4.60 Å². The summed E-state index contributed by atoms with van der Waals surface area (Å²) in [4.78, 5) is 6.53. The zero-order valence-corrected chi connectivity index (χ0v) is 10.8. The van der Waals surface area contributed by atoms with E-state index in [-0.39, 0.29) is 0 Å². The van der Waals surface area contributed by atoms with E-state index < -0.39 is 0 Å². The van der Waals surface area contributed by atoms with Crippen molar-refractivity contribution in [2.45, 2.75) is 25.7 Å². The average molecular weight is 282 g/mol. The molecular formula is C12H16BrN3. The van der Waals surface area contributed by atoms with Crippen molar-refractivity contribution in [2.24, 2.45) is 5.41 Å². The van der Waals surface area contributed by atoms with Gasteiger partial charge in [-0.15, -0.1) is 0 Å². The predicted octanol–water partition coefficient (Wildman–Crippen LogP) is 2.81. The normalized spacial score (nSPS) is 22.4. The number of hydrogen-bond donors (Lipinski definition) is 1. The third-order valence-electron chi connectivity index (χ3n) is 4.00. The first-order valence-electron chi connectivity index (χ1n) is 5.85. The van der Waals surface area contributed by atoms with Gasteiger partial charge in [-0.05, 0) is 53.1 Å². The molecule has 3 rings (SSSR count).